The number of nitriles is 1. The van der Waals surface area contributed by atoms with Crippen LogP contribution in [-0.4, -0.2) is 37.4 Å². The fourth-order valence-corrected chi connectivity index (χ4v) is 3.18. The Hall–Kier alpha value is -3.21. The van der Waals surface area contributed by atoms with Crippen molar-refractivity contribution in [3.05, 3.63) is 29.0 Å². The maximum Gasteiger partial charge on any atom is 0.243 e. The Labute approximate surface area is 144 Å². The van der Waals surface area contributed by atoms with Gasteiger partial charge < -0.3 is 18.9 Å². The van der Waals surface area contributed by atoms with Crippen LogP contribution in [0.3, 0.4) is 0 Å². The van der Waals surface area contributed by atoms with E-state index in [0.29, 0.717) is 28.7 Å². The average molecular weight is 342 g/mol. The highest BCUT2D eigenvalue weighted by Crippen LogP contribution is 2.50. The van der Waals surface area contributed by atoms with Crippen molar-refractivity contribution in [1.82, 2.24) is 10.2 Å². The number of hydrogen-bond acceptors (Lipinski definition) is 7. The number of aromatic nitrogens is 2. The normalized spacial score (nSPS) is 18.8. The largest absolute Gasteiger partial charge is 0.493 e. The minimum Gasteiger partial charge on any atom is -0.493 e. The van der Waals surface area contributed by atoms with Gasteiger partial charge in [-0.2, -0.15) is 5.26 Å². The summed E-state index contributed by atoms with van der Waals surface area (Å²) < 4.78 is 21.7. The molecule has 2 atom stereocenters. The van der Waals surface area contributed by atoms with E-state index in [1.165, 1.54) is 21.3 Å². The fourth-order valence-electron chi connectivity index (χ4n) is 3.18. The lowest BCUT2D eigenvalue weighted by molar-refractivity contribution is 0.320. The summed E-state index contributed by atoms with van der Waals surface area (Å²) in [6, 6.07) is 5.72. The van der Waals surface area contributed by atoms with Gasteiger partial charge in [0.1, 0.15) is 5.92 Å². The summed E-state index contributed by atoms with van der Waals surface area (Å²) >= 11 is 0. The number of nitrogens with one attached hydrogen (secondary N) is 2. The van der Waals surface area contributed by atoms with Gasteiger partial charge in [-0.3, -0.25) is 10.5 Å². The smallest absolute Gasteiger partial charge is 0.243 e. The van der Waals surface area contributed by atoms with E-state index in [9.17, 15) is 5.26 Å². The molecular weight excluding hydrogens is 324 g/mol. The van der Waals surface area contributed by atoms with E-state index in [2.05, 4.69) is 16.3 Å². The van der Waals surface area contributed by atoms with Gasteiger partial charge in [-0.1, -0.05) is 6.07 Å². The number of aryl methyl sites for hydroxylation is 1. The van der Waals surface area contributed by atoms with Crippen LogP contribution in [-0.2, 0) is 0 Å². The van der Waals surface area contributed by atoms with Gasteiger partial charge in [0.2, 0.25) is 17.5 Å². The molecule has 0 saturated carbocycles. The number of nitrogens with zero attached hydrogens (tertiary/aromatic N) is 2. The number of ether oxygens (including phenoxy) is 4. The van der Waals surface area contributed by atoms with Gasteiger partial charge in [-0.15, -0.1) is 5.10 Å². The van der Waals surface area contributed by atoms with Crippen LogP contribution in [0.25, 0.3) is 0 Å². The van der Waals surface area contributed by atoms with Gasteiger partial charge in [-0.05, 0) is 13.0 Å². The molecule has 1 aliphatic rings. The third-order valence-corrected chi connectivity index (χ3v) is 4.30. The molecule has 8 nitrogen and oxygen atoms in total. The molecule has 1 aliphatic heterocycles. The lowest BCUT2D eigenvalue weighted by Crippen LogP contribution is -2.31. The monoisotopic (exact) mass is 342 g/mol. The summed E-state index contributed by atoms with van der Waals surface area (Å²) in [5.41, 5.74) is 2.20. The lowest BCUT2D eigenvalue weighted by atomic mass is 9.79. The van der Waals surface area contributed by atoms with Crippen molar-refractivity contribution in [3.8, 4) is 29.2 Å². The quantitative estimate of drug-likeness (QED) is 0.882. The molecule has 25 heavy (non-hydrogen) atoms. The van der Waals surface area contributed by atoms with Crippen LogP contribution >= 0.6 is 0 Å². The average Bonchev–Trinajstić information content (AvgIpc) is 2.99. The van der Waals surface area contributed by atoms with Crippen LogP contribution in [0.2, 0.25) is 0 Å². The first-order valence-electron chi connectivity index (χ1n) is 7.56. The molecule has 130 valence electrons. The van der Waals surface area contributed by atoms with Crippen LogP contribution in [0.4, 0.5) is 0 Å². The van der Waals surface area contributed by atoms with E-state index >= 15 is 0 Å². The molecule has 2 N–H and O–H groups in total. The van der Waals surface area contributed by atoms with E-state index in [1.54, 1.807) is 6.07 Å². The zero-order chi connectivity index (χ0) is 18.1. The maximum atomic E-state index is 9.64. The van der Waals surface area contributed by atoms with Crippen LogP contribution in [0.5, 0.6) is 23.1 Å². The summed E-state index contributed by atoms with van der Waals surface area (Å²) in [4.78, 5) is 0. The van der Waals surface area contributed by atoms with Crippen molar-refractivity contribution in [2.45, 2.75) is 12.8 Å². The first kappa shape index (κ1) is 16.6. The van der Waals surface area contributed by atoms with Crippen molar-refractivity contribution in [2.24, 2.45) is 5.92 Å². The summed E-state index contributed by atoms with van der Waals surface area (Å²) in [7, 11) is 4.58. The Morgan fingerprint density at radius 3 is 2.52 bits per heavy atom. The first-order chi connectivity index (χ1) is 12.1. The minimum atomic E-state index is -0.809. The highest BCUT2D eigenvalue weighted by Gasteiger charge is 2.41. The lowest BCUT2D eigenvalue weighted by Gasteiger charge is -2.29. The van der Waals surface area contributed by atoms with Gasteiger partial charge in [0.25, 0.3) is 0 Å². The zero-order valence-corrected chi connectivity index (χ0v) is 14.3. The SMILES string of the molecule is COc1ccc(C2c3c(n[nH]c3C)OC(=N)C2C#N)c(OC)c1OC. The van der Waals surface area contributed by atoms with Crippen molar-refractivity contribution >= 4 is 5.90 Å². The molecular formula is C17H18N4O4. The number of benzene rings is 1. The molecule has 1 aromatic heterocycles. The van der Waals surface area contributed by atoms with Crippen molar-refractivity contribution < 1.29 is 18.9 Å². The summed E-state index contributed by atoms with van der Waals surface area (Å²) in [5, 5.41) is 24.7. The van der Waals surface area contributed by atoms with Gasteiger partial charge >= 0.3 is 0 Å². The van der Waals surface area contributed by atoms with E-state index in [4.69, 9.17) is 24.4 Å². The molecule has 0 amide bonds. The molecule has 2 unspecified atom stereocenters. The van der Waals surface area contributed by atoms with E-state index in [1.807, 2.05) is 13.0 Å². The second kappa shape index (κ2) is 6.36. The first-order valence-corrected chi connectivity index (χ1v) is 7.56. The number of rotatable bonds is 4. The Bertz CT molecular complexity index is 868. The Balaban J connectivity index is 2.28. The number of hydrogen-bond donors (Lipinski definition) is 2. The highest BCUT2D eigenvalue weighted by atomic mass is 16.5. The van der Waals surface area contributed by atoms with E-state index in [0.717, 1.165) is 11.3 Å². The van der Waals surface area contributed by atoms with Crippen LogP contribution < -0.4 is 18.9 Å². The number of methoxy groups -OCH3 is 3. The molecule has 8 heteroatoms. The topological polar surface area (TPSA) is 113 Å². The van der Waals surface area contributed by atoms with Gasteiger partial charge in [-0.25, -0.2) is 0 Å². The molecule has 0 bridgehead atoms. The highest BCUT2D eigenvalue weighted by molar-refractivity contribution is 5.85. The van der Waals surface area contributed by atoms with Crippen LogP contribution in [0.15, 0.2) is 12.1 Å². The predicted molar refractivity (Wildman–Crippen MR) is 88.7 cm³/mol. The third-order valence-electron chi connectivity index (χ3n) is 4.30. The summed E-state index contributed by atoms with van der Waals surface area (Å²) in [6.45, 7) is 1.85. The van der Waals surface area contributed by atoms with Crippen LogP contribution in [0.1, 0.15) is 22.7 Å². The number of aromatic amines is 1. The standard InChI is InChI=1S/C17H18N4O4/c1-8-12-13(10(7-18)16(19)25-17(12)21-20-8)9-5-6-11(22-2)15(24-4)14(9)23-3/h5-6,10,13,19H,1-4H3,(H,20,21). The van der Waals surface area contributed by atoms with Gasteiger partial charge in [0, 0.05) is 22.7 Å². The number of H-pyrrole nitrogens is 1. The Morgan fingerprint density at radius 1 is 1.20 bits per heavy atom. The van der Waals surface area contributed by atoms with Crippen LogP contribution in [0, 0.1) is 29.6 Å². The van der Waals surface area contributed by atoms with E-state index < -0.39 is 11.8 Å². The zero-order valence-electron chi connectivity index (χ0n) is 14.3. The summed E-state index contributed by atoms with van der Waals surface area (Å²) in [6.07, 6.45) is 0. The minimum absolute atomic E-state index is 0.150. The van der Waals surface area contributed by atoms with E-state index in [-0.39, 0.29) is 5.90 Å². The molecule has 0 aliphatic carbocycles. The molecule has 3 rings (SSSR count). The summed E-state index contributed by atoms with van der Waals surface area (Å²) in [5.74, 6) is 0.265. The molecule has 0 radical (unpaired) electrons. The second-order valence-electron chi connectivity index (χ2n) is 5.54. The Morgan fingerprint density at radius 2 is 1.92 bits per heavy atom. The van der Waals surface area contributed by atoms with Gasteiger partial charge in [0.15, 0.2) is 11.5 Å². The second-order valence-corrected chi connectivity index (χ2v) is 5.54. The molecule has 2 aromatic rings. The van der Waals surface area contributed by atoms with Crippen molar-refractivity contribution in [1.29, 1.82) is 10.7 Å². The Kier molecular flexibility index (Phi) is 4.23. The third kappa shape index (κ3) is 2.45. The fraction of sp³-hybridized carbons (Fsp3) is 0.353. The molecule has 0 spiro atoms. The molecule has 0 fully saturated rings. The van der Waals surface area contributed by atoms with Crippen molar-refractivity contribution in [3.63, 3.8) is 0 Å². The molecule has 2 heterocycles. The van der Waals surface area contributed by atoms with Crippen molar-refractivity contribution in [2.75, 3.05) is 21.3 Å². The maximum absolute atomic E-state index is 9.64. The molecule has 0 saturated heterocycles. The predicted octanol–water partition coefficient (Wildman–Crippen LogP) is 2.39. The molecule has 1 aromatic carbocycles. The number of fused-ring (bicyclic) bond motifs is 1. The van der Waals surface area contributed by atoms with Gasteiger partial charge in [0.05, 0.1) is 27.4 Å².